The van der Waals surface area contributed by atoms with Gasteiger partial charge < -0.3 is 10.6 Å². The Morgan fingerprint density at radius 1 is 0.955 bits per heavy atom. The van der Waals surface area contributed by atoms with Crippen LogP contribution in [0, 0.1) is 5.92 Å². The molecule has 2 aliphatic heterocycles. The highest BCUT2D eigenvalue weighted by molar-refractivity contribution is 5.65. The van der Waals surface area contributed by atoms with Gasteiger partial charge in [0.25, 0.3) is 0 Å². The summed E-state index contributed by atoms with van der Waals surface area (Å²) in [5, 5.41) is 7.74. The average molecular weight is 290 g/mol. The largest absolute Gasteiger partial charge is 0.382 e. The van der Waals surface area contributed by atoms with Crippen LogP contribution < -0.4 is 10.6 Å². The number of hydrogen-bond donors (Lipinski definition) is 2. The zero-order chi connectivity index (χ0) is 14.9. The van der Waals surface area contributed by atoms with Crippen LogP contribution in [-0.4, -0.2) is 12.1 Å². The first-order valence-corrected chi connectivity index (χ1v) is 8.40. The number of para-hydroxylation sites is 2. The van der Waals surface area contributed by atoms with Crippen LogP contribution in [0.25, 0.3) is 0 Å². The van der Waals surface area contributed by atoms with Crippen LogP contribution in [0.2, 0.25) is 0 Å². The fourth-order valence-electron chi connectivity index (χ4n) is 5.40. The summed E-state index contributed by atoms with van der Waals surface area (Å²) < 4.78 is 0. The van der Waals surface area contributed by atoms with E-state index in [0.717, 1.165) is 0 Å². The molecule has 2 heteroatoms. The first-order valence-electron chi connectivity index (χ1n) is 8.40. The number of anilines is 2. The molecule has 5 rings (SSSR count). The number of nitrogens with one attached hydrogen (secondary N) is 2. The molecule has 2 bridgehead atoms. The Morgan fingerprint density at radius 2 is 1.68 bits per heavy atom. The lowest BCUT2D eigenvalue weighted by Crippen LogP contribution is -2.45. The summed E-state index contributed by atoms with van der Waals surface area (Å²) in [6, 6.07) is 18.8. The minimum atomic E-state index is 0.221. The van der Waals surface area contributed by atoms with Crippen molar-refractivity contribution >= 4 is 11.4 Å². The molecule has 0 unspecified atom stereocenters. The summed E-state index contributed by atoms with van der Waals surface area (Å²) in [7, 11) is 0. The Hall–Kier alpha value is -1.96. The van der Waals surface area contributed by atoms with E-state index in [9.17, 15) is 0 Å². The molecule has 5 atom stereocenters. The van der Waals surface area contributed by atoms with Crippen LogP contribution in [0.4, 0.5) is 11.4 Å². The Bertz CT molecular complexity index is 753. The van der Waals surface area contributed by atoms with Crippen molar-refractivity contribution in [1.82, 2.24) is 0 Å². The molecule has 0 saturated heterocycles. The van der Waals surface area contributed by atoms with E-state index in [4.69, 9.17) is 0 Å². The lowest BCUT2D eigenvalue weighted by molar-refractivity contribution is 0.354. The van der Waals surface area contributed by atoms with Gasteiger partial charge in [0.1, 0.15) is 0 Å². The Morgan fingerprint density at radius 3 is 2.55 bits per heavy atom. The van der Waals surface area contributed by atoms with Crippen LogP contribution in [0.1, 0.15) is 37.3 Å². The van der Waals surface area contributed by atoms with E-state index in [2.05, 4.69) is 73.0 Å². The van der Waals surface area contributed by atoms with E-state index in [1.807, 2.05) is 0 Å². The zero-order valence-electron chi connectivity index (χ0n) is 13.1. The molecule has 0 spiro atoms. The molecule has 2 N–H and O–H groups in total. The van der Waals surface area contributed by atoms with Gasteiger partial charge in [0.05, 0.1) is 0 Å². The van der Waals surface area contributed by atoms with Gasteiger partial charge in [0, 0.05) is 34.8 Å². The predicted molar refractivity (Wildman–Crippen MR) is 91.6 cm³/mol. The highest BCUT2D eigenvalue weighted by Crippen LogP contribution is 2.57. The molecular formula is C20H22N2. The zero-order valence-corrected chi connectivity index (χ0v) is 13.1. The third kappa shape index (κ3) is 1.41. The van der Waals surface area contributed by atoms with Gasteiger partial charge in [-0.05, 0) is 35.6 Å². The Labute approximate surface area is 131 Å². The molecule has 22 heavy (non-hydrogen) atoms. The molecule has 2 heterocycles. The van der Waals surface area contributed by atoms with Gasteiger partial charge in [-0.15, -0.1) is 0 Å². The fourth-order valence-corrected chi connectivity index (χ4v) is 5.40. The summed E-state index contributed by atoms with van der Waals surface area (Å²) in [6.07, 6.45) is 1.23. The minimum Gasteiger partial charge on any atom is -0.382 e. The van der Waals surface area contributed by atoms with E-state index < -0.39 is 0 Å². The standard InChI is InChI=1S/C20H22N2/c1-12-13-7-3-5-9-15(13)22-19-18(12)17-11-20(19,2)14-8-4-6-10-16(14)21-17/h3-10,12,17-19,21-22H,11H2,1-2H3/t12-,17-,18-,19+,20-/m1/s1. The third-order valence-corrected chi connectivity index (χ3v) is 6.40. The molecular weight excluding hydrogens is 268 g/mol. The summed E-state index contributed by atoms with van der Waals surface area (Å²) in [6.45, 7) is 4.87. The molecule has 1 saturated carbocycles. The normalized spacial score (nSPS) is 37.4. The van der Waals surface area contributed by atoms with Gasteiger partial charge in [-0.3, -0.25) is 0 Å². The molecule has 2 nitrogen and oxygen atoms in total. The summed E-state index contributed by atoms with van der Waals surface area (Å²) in [5.41, 5.74) is 5.86. The molecule has 3 aliphatic rings. The van der Waals surface area contributed by atoms with Crippen molar-refractivity contribution in [2.45, 2.75) is 43.7 Å². The molecule has 0 radical (unpaired) electrons. The topological polar surface area (TPSA) is 24.1 Å². The molecule has 0 aromatic heterocycles. The van der Waals surface area contributed by atoms with Crippen molar-refractivity contribution in [3.8, 4) is 0 Å². The lowest BCUT2D eigenvalue weighted by atomic mass is 9.71. The summed E-state index contributed by atoms with van der Waals surface area (Å²) in [5.74, 6) is 1.24. The second-order valence-corrected chi connectivity index (χ2v) is 7.49. The number of hydrogen-bond acceptors (Lipinski definition) is 2. The van der Waals surface area contributed by atoms with E-state index in [0.29, 0.717) is 23.9 Å². The number of benzene rings is 2. The highest BCUT2D eigenvalue weighted by atomic mass is 15.1. The Balaban J connectivity index is 1.69. The monoisotopic (exact) mass is 290 g/mol. The second kappa shape index (κ2) is 4.07. The maximum Gasteiger partial charge on any atom is 0.0410 e. The van der Waals surface area contributed by atoms with Crippen LogP contribution in [-0.2, 0) is 5.41 Å². The van der Waals surface area contributed by atoms with Gasteiger partial charge in [0.2, 0.25) is 0 Å². The highest BCUT2D eigenvalue weighted by Gasteiger charge is 2.58. The molecule has 2 aromatic carbocycles. The number of fused-ring (bicyclic) bond motifs is 8. The van der Waals surface area contributed by atoms with E-state index in [-0.39, 0.29) is 5.41 Å². The molecule has 1 aliphatic carbocycles. The average Bonchev–Trinajstić information content (AvgIpc) is 2.77. The van der Waals surface area contributed by atoms with Crippen molar-refractivity contribution in [2.24, 2.45) is 5.92 Å². The molecule has 2 aromatic rings. The predicted octanol–water partition coefficient (Wildman–Crippen LogP) is 4.36. The minimum absolute atomic E-state index is 0.221. The third-order valence-electron chi connectivity index (χ3n) is 6.40. The lowest BCUT2D eigenvalue weighted by Gasteiger charge is -2.41. The van der Waals surface area contributed by atoms with Crippen LogP contribution in [0.3, 0.4) is 0 Å². The van der Waals surface area contributed by atoms with Gasteiger partial charge >= 0.3 is 0 Å². The first kappa shape index (κ1) is 12.6. The SMILES string of the molecule is C[C@@H]1c2ccccc2N[C@H]2[C@H]1[C@H]1C[C@]2(C)c2ccccc2N1. The van der Waals surface area contributed by atoms with Crippen molar-refractivity contribution in [2.75, 3.05) is 10.6 Å². The van der Waals surface area contributed by atoms with Gasteiger partial charge in [-0.2, -0.15) is 0 Å². The number of rotatable bonds is 0. The van der Waals surface area contributed by atoms with Crippen LogP contribution >= 0.6 is 0 Å². The molecule has 112 valence electrons. The first-order chi connectivity index (χ1) is 10.7. The van der Waals surface area contributed by atoms with Gasteiger partial charge in [0.15, 0.2) is 0 Å². The maximum absolute atomic E-state index is 3.90. The molecule has 0 amide bonds. The van der Waals surface area contributed by atoms with E-state index in [1.165, 1.54) is 28.9 Å². The molecule has 1 fully saturated rings. The summed E-state index contributed by atoms with van der Waals surface area (Å²) in [4.78, 5) is 0. The van der Waals surface area contributed by atoms with E-state index >= 15 is 0 Å². The van der Waals surface area contributed by atoms with Crippen LogP contribution in [0.5, 0.6) is 0 Å². The maximum atomic E-state index is 3.90. The van der Waals surface area contributed by atoms with Crippen molar-refractivity contribution in [3.05, 3.63) is 59.7 Å². The quantitative estimate of drug-likeness (QED) is 0.753. The summed E-state index contributed by atoms with van der Waals surface area (Å²) >= 11 is 0. The van der Waals surface area contributed by atoms with Gasteiger partial charge in [-0.1, -0.05) is 50.2 Å². The second-order valence-electron chi connectivity index (χ2n) is 7.49. The fraction of sp³-hybridized carbons (Fsp3) is 0.400. The van der Waals surface area contributed by atoms with Crippen LogP contribution in [0.15, 0.2) is 48.5 Å². The Kier molecular flexibility index (Phi) is 2.32. The van der Waals surface area contributed by atoms with Crippen molar-refractivity contribution < 1.29 is 0 Å². The van der Waals surface area contributed by atoms with Crippen molar-refractivity contribution in [3.63, 3.8) is 0 Å². The van der Waals surface area contributed by atoms with Crippen molar-refractivity contribution in [1.29, 1.82) is 0 Å². The van der Waals surface area contributed by atoms with Gasteiger partial charge in [-0.25, -0.2) is 0 Å². The van der Waals surface area contributed by atoms with E-state index in [1.54, 1.807) is 0 Å². The smallest absolute Gasteiger partial charge is 0.0410 e.